The summed E-state index contributed by atoms with van der Waals surface area (Å²) in [6.07, 6.45) is 3.02. The van der Waals surface area contributed by atoms with Gasteiger partial charge in [-0.1, -0.05) is 0 Å². The Morgan fingerprint density at radius 3 is 2.86 bits per heavy atom. The average molecular weight is 197 g/mol. The van der Waals surface area contributed by atoms with Crippen molar-refractivity contribution in [3.05, 3.63) is 22.7 Å². The number of nitrogens with one attached hydrogen (secondary N) is 1. The second-order valence-corrected chi connectivity index (χ2v) is 3.25. The smallest absolute Gasteiger partial charge is 0.290 e. The molecule has 5 heteroatoms. The Labute approximate surface area is 82.4 Å². The molecule has 0 saturated heterocycles. The lowest BCUT2D eigenvalue weighted by molar-refractivity contribution is 0.298. The third kappa shape index (κ3) is 2.32. The minimum Gasteiger partial charge on any atom is -0.395 e. The highest BCUT2D eigenvalue weighted by atomic mass is 16.3. The largest absolute Gasteiger partial charge is 0.395 e. The molecule has 1 aromatic rings. The van der Waals surface area contributed by atoms with E-state index in [9.17, 15) is 4.79 Å². The fourth-order valence-electron chi connectivity index (χ4n) is 1.26. The molecule has 0 aliphatic heterocycles. The molecule has 2 N–H and O–H groups in total. The first-order valence-corrected chi connectivity index (χ1v) is 4.58. The Hall–Kier alpha value is -1.36. The molecule has 0 spiro atoms. The van der Waals surface area contributed by atoms with E-state index in [0.717, 1.165) is 0 Å². The van der Waals surface area contributed by atoms with Gasteiger partial charge in [0.1, 0.15) is 0 Å². The minimum atomic E-state index is -0.227. The molecule has 78 valence electrons. The number of rotatable bonds is 4. The summed E-state index contributed by atoms with van der Waals surface area (Å²) < 4.78 is 0. The number of aromatic nitrogens is 2. The number of hydrogen-bond donors (Lipinski definition) is 2. The second kappa shape index (κ2) is 4.76. The van der Waals surface area contributed by atoms with Crippen LogP contribution in [0, 0.1) is 0 Å². The number of nitrogens with zero attached hydrogens (tertiary/aromatic N) is 2. The number of aromatic amines is 1. The highest BCUT2D eigenvalue weighted by Crippen LogP contribution is 2.06. The van der Waals surface area contributed by atoms with Gasteiger partial charge < -0.3 is 15.0 Å². The van der Waals surface area contributed by atoms with Gasteiger partial charge >= 0.3 is 0 Å². The summed E-state index contributed by atoms with van der Waals surface area (Å²) in [6, 6.07) is 0.137. The van der Waals surface area contributed by atoms with E-state index >= 15 is 0 Å². The molecule has 0 bridgehead atoms. The van der Waals surface area contributed by atoms with Gasteiger partial charge in [-0.15, -0.1) is 0 Å². The Morgan fingerprint density at radius 1 is 1.64 bits per heavy atom. The van der Waals surface area contributed by atoms with Gasteiger partial charge in [-0.25, -0.2) is 4.98 Å². The van der Waals surface area contributed by atoms with Crippen LogP contribution in [0.5, 0.6) is 0 Å². The average Bonchev–Trinajstić information content (AvgIpc) is 2.15. The summed E-state index contributed by atoms with van der Waals surface area (Å²) in [7, 11) is 0. The zero-order valence-electron chi connectivity index (χ0n) is 8.40. The first-order valence-electron chi connectivity index (χ1n) is 4.58. The summed E-state index contributed by atoms with van der Waals surface area (Å²) in [5, 5.41) is 8.86. The first-order chi connectivity index (χ1) is 6.66. The molecule has 0 amide bonds. The molecule has 0 aliphatic carbocycles. The summed E-state index contributed by atoms with van der Waals surface area (Å²) in [4.78, 5) is 19.7. The first kappa shape index (κ1) is 10.7. The van der Waals surface area contributed by atoms with Crippen molar-refractivity contribution in [1.82, 2.24) is 9.97 Å². The van der Waals surface area contributed by atoms with Crippen molar-refractivity contribution in [2.75, 3.05) is 18.1 Å². The number of aliphatic hydroxyl groups excluding tert-OH is 1. The SMILES string of the molecule is CC(C)N(CCO)c1ncc[nH]c1=O. The summed E-state index contributed by atoms with van der Waals surface area (Å²) >= 11 is 0. The predicted molar refractivity (Wildman–Crippen MR) is 54.4 cm³/mol. The van der Waals surface area contributed by atoms with Gasteiger partial charge in [-0.05, 0) is 13.8 Å². The van der Waals surface area contributed by atoms with Crippen molar-refractivity contribution in [2.45, 2.75) is 19.9 Å². The molecule has 1 rings (SSSR count). The number of anilines is 1. The van der Waals surface area contributed by atoms with Gasteiger partial charge in [0, 0.05) is 25.0 Å². The van der Waals surface area contributed by atoms with E-state index in [0.29, 0.717) is 12.4 Å². The van der Waals surface area contributed by atoms with E-state index in [-0.39, 0.29) is 18.2 Å². The zero-order valence-corrected chi connectivity index (χ0v) is 8.40. The van der Waals surface area contributed by atoms with Crippen molar-refractivity contribution < 1.29 is 5.11 Å². The van der Waals surface area contributed by atoms with E-state index in [4.69, 9.17) is 5.11 Å². The molecule has 5 nitrogen and oxygen atoms in total. The highest BCUT2D eigenvalue weighted by molar-refractivity contribution is 5.36. The minimum absolute atomic E-state index is 0.00813. The zero-order chi connectivity index (χ0) is 10.6. The van der Waals surface area contributed by atoms with Crippen LogP contribution >= 0.6 is 0 Å². The van der Waals surface area contributed by atoms with Crippen LogP contribution < -0.4 is 10.5 Å². The number of hydrogen-bond acceptors (Lipinski definition) is 4. The molecule has 0 radical (unpaired) electrons. The van der Waals surface area contributed by atoms with Crippen LogP contribution in [0.1, 0.15) is 13.8 Å². The predicted octanol–water partition coefficient (Wildman–Crippen LogP) is -0.0230. The fraction of sp³-hybridized carbons (Fsp3) is 0.556. The van der Waals surface area contributed by atoms with Gasteiger partial charge in [0.05, 0.1) is 6.61 Å². The van der Waals surface area contributed by atoms with Crippen molar-refractivity contribution in [3.63, 3.8) is 0 Å². The molecule has 0 saturated carbocycles. The Balaban J connectivity index is 2.99. The molecular weight excluding hydrogens is 182 g/mol. The highest BCUT2D eigenvalue weighted by Gasteiger charge is 2.13. The van der Waals surface area contributed by atoms with E-state index in [2.05, 4.69) is 9.97 Å². The maximum Gasteiger partial charge on any atom is 0.290 e. The maximum atomic E-state index is 11.4. The van der Waals surface area contributed by atoms with Gasteiger partial charge in [-0.3, -0.25) is 4.79 Å². The van der Waals surface area contributed by atoms with Crippen LogP contribution in [0.2, 0.25) is 0 Å². The van der Waals surface area contributed by atoms with Crippen LogP contribution in [-0.2, 0) is 0 Å². The lowest BCUT2D eigenvalue weighted by atomic mass is 10.3. The van der Waals surface area contributed by atoms with Crippen LogP contribution in [-0.4, -0.2) is 34.3 Å². The molecule has 0 atom stereocenters. The quantitative estimate of drug-likeness (QED) is 0.711. The van der Waals surface area contributed by atoms with Gasteiger partial charge in [0.15, 0.2) is 5.82 Å². The Morgan fingerprint density at radius 2 is 2.36 bits per heavy atom. The van der Waals surface area contributed by atoms with Crippen molar-refractivity contribution in [3.8, 4) is 0 Å². The third-order valence-corrected chi connectivity index (χ3v) is 1.93. The van der Waals surface area contributed by atoms with Crippen LogP contribution in [0.3, 0.4) is 0 Å². The third-order valence-electron chi connectivity index (χ3n) is 1.93. The summed E-state index contributed by atoms with van der Waals surface area (Å²) in [5.74, 6) is 0.358. The fourth-order valence-corrected chi connectivity index (χ4v) is 1.26. The van der Waals surface area contributed by atoms with E-state index in [1.54, 1.807) is 4.90 Å². The molecule has 0 aliphatic rings. The molecule has 14 heavy (non-hydrogen) atoms. The van der Waals surface area contributed by atoms with Crippen molar-refractivity contribution >= 4 is 5.82 Å². The van der Waals surface area contributed by atoms with Crippen molar-refractivity contribution in [1.29, 1.82) is 0 Å². The molecule has 0 fully saturated rings. The summed E-state index contributed by atoms with van der Waals surface area (Å²) in [5.41, 5.74) is -0.227. The molecule has 1 heterocycles. The summed E-state index contributed by atoms with van der Waals surface area (Å²) in [6.45, 7) is 4.32. The van der Waals surface area contributed by atoms with Crippen LogP contribution in [0.25, 0.3) is 0 Å². The molecule has 0 unspecified atom stereocenters. The molecule has 1 aromatic heterocycles. The lowest BCUT2D eigenvalue weighted by Gasteiger charge is -2.25. The maximum absolute atomic E-state index is 11.4. The molecular formula is C9H15N3O2. The monoisotopic (exact) mass is 197 g/mol. The van der Waals surface area contributed by atoms with Gasteiger partial charge in [0.25, 0.3) is 5.56 Å². The van der Waals surface area contributed by atoms with E-state index < -0.39 is 0 Å². The van der Waals surface area contributed by atoms with Crippen molar-refractivity contribution in [2.24, 2.45) is 0 Å². The molecule has 0 aromatic carbocycles. The standard InChI is InChI=1S/C9H15N3O2/c1-7(2)12(5-6-13)8-9(14)11-4-3-10-8/h3-4,7,13H,5-6H2,1-2H3,(H,11,14). The normalized spacial score (nSPS) is 10.6. The van der Waals surface area contributed by atoms with Crippen LogP contribution in [0.15, 0.2) is 17.2 Å². The number of aliphatic hydroxyl groups is 1. The van der Waals surface area contributed by atoms with Gasteiger partial charge in [0.2, 0.25) is 0 Å². The van der Waals surface area contributed by atoms with Crippen LogP contribution in [0.4, 0.5) is 5.82 Å². The van der Waals surface area contributed by atoms with Gasteiger partial charge in [-0.2, -0.15) is 0 Å². The Kier molecular flexibility index (Phi) is 3.64. The van der Waals surface area contributed by atoms with E-state index in [1.807, 2.05) is 13.8 Å². The Bertz CT molecular complexity index is 335. The van der Waals surface area contributed by atoms with E-state index in [1.165, 1.54) is 12.4 Å². The second-order valence-electron chi connectivity index (χ2n) is 3.25. The lowest BCUT2D eigenvalue weighted by Crippen LogP contribution is -2.38. The number of H-pyrrole nitrogens is 1. The topological polar surface area (TPSA) is 69.2 Å².